The Morgan fingerprint density at radius 3 is 2.56 bits per heavy atom. The van der Waals surface area contributed by atoms with Crippen LogP contribution in [0.15, 0.2) is 18.2 Å². The molecule has 0 unspecified atom stereocenters. The molecule has 2 nitrogen and oxygen atoms in total. The molecule has 16 heavy (non-hydrogen) atoms. The van der Waals surface area contributed by atoms with Crippen LogP contribution in [0.3, 0.4) is 0 Å². The molecule has 0 bridgehead atoms. The molecule has 0 aromatic heterocycles. The van der Waals surface area contributed by atoms with Gasteiger partial charge < -0.3 is 10.6 Å². The number of halogens is 1. The molecule has 0 aliphatic carbocycles. The molecule has 2 N–H and O–H groups in total. The van der Waals surface area contributed by atoms with E-state index < -0.39 is 0 Å². The SMILES string of the molecule is CC(C)CN(C)c1ccc(C(N)=S)cc1F. The molecule has 4 heteroatoms. The van der Waals surface area contributed by atoms with Crippen molar-refractivity contribution in [1.82, 2.24) is 0 Å². The first-order chi connectivity index (χ1) is 7.41. The summed E-state index contributed by atoms with van der Waals surface area (Å²) in [5.74, 6) is 0.202. The van der Waals surface area contributed by atoms with Gasteiger partial charge in [-0.1, -0.05) is 26.1 Å². The first-order valence-corrected chi connectivity index (χ1v) is 5.63. The van der Waals surface area contributed by atoms with Crippen molar-refractivity contribution < 1.29 is 4.39 Å². The Morgan fingerprint density at radius 1 is 1.50 bits per heavy atom. The van der Waals surface area contributed by atoms with Crippen molar-refractivity contribution in [3.05, 3.63) is 29.6 Å². The van der Waals surface area contributed by atoms with Gasteiger partial charge >= 0.3 is 0 Å². The lowest BCUT2D eigenvalue weighted by Gasteiger charge is -2.22. The molecule has 88 valence electrons. The van der Waals surface area contributed by atoms with E-state index in [1.807, 2.05) is 11.9 Å². The highest BCUT2D eigenvalue weighted by molar-refractivity contribution is 7.80. The first-order valence-electron chi connectivity index (χ1n) is 5.22. The van der Waals surface area contributed by atoms with Crippen LogP contribution in [0.5, 0.6) is 0 Å². The predicted octanol–water partition coefficient (Wildman–Crippen LogP) is 2.55. The summed E-state index contributed by atoms with van der Waals surface area (Å²) in [6.45, 7) is 5.00. The third kappa shape index (κ3) is 3.17. The van der Waals surface area contributed by atoms with Crippen LogP contribution in [-0.2, 0) is 0 Å². The molecule has 0 spiro atoms. The molecule has 0 amide bonds. The third-order valence-corrected chi connectivity index (χ3v) is 2.52. The van der Waals surface area contributed by atoms with Crippen molar-refractivity contribution in [2.45, 2.75) is 13.8 Å². The monoisotopic (exact) mass is 240 g/mol. The molecule has 0 atom stereocenters. The number of benzene rings is 1. The second-order valence-corrected chi connectivity index (χ2v) is 4.74. The van der Waals surface area contributed by atoms with Crippen LogP contribution in [0.4, 0.5) is 10.1 Å². The molecule has 0 saturated carbocycles. The summed E-state index contributed by atoms with van der Waals surface area (Å²) < 4.78 is 13.8. The summed E-state index contributed by atoms with van der Waals surface area (Å²) in [7, 11) is 1.87. The van der Waals surface area contributed by atoms with Gasteiger partial charge in [-0.2, -0.15) is 0 Å². The van der Waals surface area contributed by atoms with Crippen LogP contribution >= 0.6 is 12.2 Å². The van der Waals surface area contributed by atoms with Crippen molar-refractivity contribution in [3.8, 4) is 0 Å². The maximum Gasteiger partial charge on any atom is 0.147 e. The zero-order valence-electron chi connectivity index (χ0n) is 9.83. The predicted molar refractivity (Wildman–Crippen MR) is 70.4 cm³/mol. The summed E-state index contributed by atoms with van der Waals surface area (Å²) in [6.07, 6.45) is 0. The van der Waals surface area contributed by atoms with E-state index in [1.54, 1.807) is 12.1 Å². The van der Waals surface area contributed by atoms with Gasteiger partial charge in [0.15, 0.2) is 0 Å². The van der Waals surface area contributed by atoms with Crippen LogP contribution in [0.2, 0.25) is 0 Å². The third-order valence-electron chi connectivity index (χ3n) is 2.28. The van der Waals surface area contributed by atoms with Crippen LogP contribution in [-0.4, -0.2) is 18.6 Å². The minimum absolute atomic E-state index is 0.219. The van der Waals surface area contributed by atoms with Crippen molar-refractivity contribution in [3.63, 3.8) is 0 Å². The number of hydrogen-bond acceptors (Lipinski definition) is 2. The van der Waals surface area contributed by atoms with Gasteiger partial charge in [-0.05, 0) is 24.1 Å². The van der Waals surface area contributed by atoms with Crippen molar-refractivity contribution >= 4 is 22.9 Å². The quantitative estimate of drug-likeness (QED) is 0.820. The maximum absolute atomic E-state index is 13.8. The van der Waals surface area contributed by atoms with Crippen LogP contribution in [0.25, 0.3) is 0 Å². The molecule has 0 fully saturated rings. The van der Waals surface area contributed by atoms with Crippen LogP contribution < -0.4 is 10.6 Å². The van der Waals surface area contributed by atoms with E-state index in [9.17, 15) is 4.39 Å². The number of hydrogen-bond donors (Lipinski definition) is 1. The average molecular weight is 240 g/mol. The molecular weight excluding hydrogens is 223 g/mol. The van der Waals surface area contributed by atoms with Gasteiger partial charge in [-0.15, -0.1) is 0 Å². The number of anilines is 1. The topological polar surface area (TPSA) is 29.3 Å². The molecule has 1 aromatic carbocycles. The first kappa shape index (κ1) is 12.9. The fourth-order valence-electron chi connectivity index (χ4n) is 1.62. The van der Waals surface area contributed by atoms with Gasteiger partial charge in [-0.3, -0.25) is 0 Å². The number of nitrogens with two attached hydrogens (primary N) is 1. The number of nitrogens with zero attached hydrogens (tertiary/aromatic N) is 1. The highest BCUT2D eigenvalue weighted by Gasteiger charge is 2.10. The molecule has 1 aromatic rings. The molecule has 0 heterocycles. The highest BCUT2D eigenvalue weighted by Crippen LogP contribution is 2.20. The molecular formula is C12H17FN2S. The van der Waals surface area contributed by atoms with Gasteiger partial charge in [0.25, 0.3) is 0 Å². The van der Waals surface area contributed by atoms with E-state index >= 15 is 0 Å². The van der Waals surface area contributed by atoms with Gasteiger partial charge in [0.2, 0.25) is 0 Å². The summed E-state index contributed by atoms with van der Waals surface area (Å²) in [5.41, 5.74) is 6.58. The molecule has 0 saturated heterocycles. The molecule has 0 aliphatic rings. The Balaban J connectivity index is 2.94. The van der Waals surface area contributed by atoms with Crippen molar-refractivity contribution in [2.75, 3.05) is 18.5 Å². The largest absolute Gasteiger partial charge is 0.389 e. The second kappa shape index (κ2) is 5.25. The Labute approximate surface area is 101 Å². The number of thiocarbonyl (C=S) groups is 1. The van der Waals surface area contributed by atoms with Gasteiger partial charge in [0, 0.05) is 19.2 Å². The Morgan fingerprint density at radius 2 is 2.12 bits per heavy atom. The fraction of sp³-hybridized carbons (Fsp3) is 0.417. The summed E-state index contributed by atoms with van der Waals surface area (Å²) >= 11 is 4.80. The lowest BCUT2D eigenvalue weighted by atomic mass is 10.1. The van der Waals surface area contributed by atoms with E-state index in [4.69, 9.17) is 18.0 Å². The fourth-order valence-corrected chi connectivity index (χ4v) is 1.74. The Bertz CT molecular complexity index is 391. The lowest BCUT2D eigenvalue weighted by molar-refractivity contribution is 0.599. The number of rotatable bonds is 4. The van der Waals surface area contributed by atoms with E-state index in [0.29, 0.717) is 17.2 Å². The van der Waals surface area contributed by atoms with Crippen LogP contribution in [0.1, 0.15) is 19.4 Å². The van der Waals surface area contributed by atoms with Gasteiger partial charge in [0.1, 0.15) is 10.8 Å². The molecule has 1 rings (SSSR count). The van der Waals surface area contributed by atoms with Crippen molar-refractivity contribution in [1.29, 1.82) is 0 Å². The summed E-state index contributed by atoms with van der Waals surface area (Å²) in [5, 5.41) is 0. The average Bonchev–Trinajstić information content (AvgIpc) is 2.15. The second-order valence-electron chi connectivity index (χ2n) is 4.30. The van der Waals surface area contributed by atoms with E-state index in [-0.39, 0.29) is 10.8 Å². The van der Waals surface area contributed by atoms with Crippen LogP contribution in [0, 0.1) is 11.7 Å². The van der Waals surface area contributed by atoms with E-state index in [0.717, 1.165) is 6.54 Å². The normalized spacial score (nSPS) is 10.6. The minimum atomic E-state index is -0.284. The molecule has 0 aliphatic heterocycles. The Kier molecular flexibility index (Phi) is 4.24. The Hall–Kier alpha value is -1.16. The van der Waals surface area contributed by atoms with E-state index in [1.165, 1.54) is 6.07 Å². The zero-order valence-corrected chi connectivity index (χ0v) is 10.6. The summed E-state index contributed by atoms with van der Waals surface area (Å²) in [6, 6.07) is 4.85. The highest BCUT2D eigenvalue weighted by atomic mass is 32.1. The van der Waals surface area contributed by atoms with Gasteiger partial charge in [0.05, 0.1) is 5.69 Å². The van der Waals surface area contributed by atoms with Crippen molar-refractivity contribution in [2.24, 2.45) is 11.7 Å². The zero-order chi connectivity index (χ0) is 12.3. The summed E-state index contributed by atoms with van der Waals surface area (Å²) in [4.78, 5) is 2.11. The minimum Gasteiger partial charge on any atom is -0.389 e. The smallest absolute Gasteiger partial charge is 0.147 e. The van der Waals surface area contributed by atoms with E-state index in [2.05, 4.69) is 13.8 Å². The molecule has 0 radical (unpaired) electrons. The maximum atomic E-state index is 13.8. The van der Waals surface area contributed by atoms with Gasteiger partial charge in [-0.25, -0.2) is 4.39 Å². The lowest BCUT2D eigenvalue weighted by Crippen LogP contribution is -2.23. The standard InChI is InChI=1S/C12H17FN2S/c1-8(2)7-15(3)11-5-4-9(12(14)16)6-10(11)13/h4-6,8H,7H2,1-3H3,(H2,14,16).